The van der Waals surface area contributed by atoms with E-state index in [9.17, 15) is 46.3 Å². The number of halogens is 5. The number of carbonyl (C=O) groups is 1. The van der Waals surface area contributed by atoms with E-state index in [1.54, 1.807) is 31.2 Å². The predicted molar refractivity (Wildman–Crippen MR) is 153 cm³/mol. The van der Waals surface area contributed by atoms with Crippen LogP contribution in [0.2, 0.25) is 0 Å². The van der Waals surface area contributed by atoms with Gasteiger partial charge in [-0.15, -0.1) is 0 Å². The summed E-state index contributed by atoms with van der Waals surface area (Å²) in [6.07, 6.45) is -5.13. The SMILES string of the molecule is CCC(CC(CCCCC1Oc2cc(O)ccc2CC1(C)c1ccc(O)cc1)C(=O)O)S(=O)CCCC(F)(F)C(F)(F)F. The summed E-state index contributed by atoms with van der Waals surface area (Å²) in [5.74, 6) is -6.35. The van der Waals surface area contributed by atoms with Crippen LogP contribution < -0.4 is 4.74 Å². The first-order chi connectivity index (χ1) is 20.1. The van der Waals surface area contributed by atoms with Crippen LogP contribution in [0, 0.1) is 5.92 Å². The number of ether oxygens (including phenoxy) is 1. The van der Waals surface area contributed by atoms with Gasteiger partial charge >= 0.3 is 18.1 Å². The van der Waals surface area contributed by atoms with Gasteiger partial charge in [-0.3, -0.25) is 9.00 Å². The van der Waals surface area contributed by atoms with E-state index in [0.717, 1.165) is 11.1 Å². The summed E-state index contributed by atoms with van der Waals surface area (Å²) in [6, 6.07) is 11.9. The van der Waals surface area contributed by atoms with E-state index >= 15 is 0 Å². The number of aliphatic carboxylic acids is 1. The van der Waals surface area contributed by atoms with E-state index in [2.05, 4.69) is 6.92 Å². The van der Waals surface area contributed by atoms with Crippen LogP contribution in [-0.2, 0) is 27.4 Å². The van der Waals surface area contributed by atoms with Crippen molar-refractivity contribution in [2.75, 3.05) is 5.75 Å². The molecule has 0 aliphatic carbocycles. The molecule has 2 aromatic carbocycles. The van der Waals surface area contributed by atoms with Gasteiger partial charge in [-0.25, -0.2) is 0 Å². The zero-order valence-corrected chi connectivity index (χ0v) is 25.0. The van der Waals surface area contributed by atoms with Gasteiger partial charge in [-0.2, -0.15) is 22.0 Å². The van der Waals surface area contributed by atoms with Gasteiger partial charge < -0.3 is 20.1 Å². The van der Waals surface area contributed by atoms with Gasteiger partial charge in [0.25, 0.3) is 0 Å². The maximum absolute atomic E-state index is 13.2. The normalized spacial score (nSPS) is 21.0. The van der Waals surface area contributed by atoms with Crippen molar-refractivity contribution < 1.29 is 51.0 Å². The second kappa shape index (κ2) is 14.3. The molecule has 0 aromatic heterocycles. The first-order valence-corrected chi connectivity index (χ1v) is 15.8. The van der Waals surface area contributed by atoms with Crippen LogP contribution in [0.15, 0.2) is 42.5 Å². The highest BCUT2D eigenvalue weighted by molar-refractivity contribution is 7.85. The Bertz CT molecular complexity index is 1250. The molecule has 1 aliphatic heterocycles. The van der Waals surface area contributed by atoms with Gasteiger partial charge in [0, 0.05) is 39.7 Å². The van der Waals surface area contributed by atoms with Gasteiger partial charge in [0.05, 0.1) is 5.92 Å². The quantitative estimate of drug-likeness (QED) is 0.138. The Morgan fingerprint density at radius 2 is 1.70 bits per heavy atom. The smallest absolute Gasteiger partial charge is 0.453 e. The lowest BCUT2D eigenvalue weighted by atomic mass is 9.70. The third-order valence-electron chi connectivity index (χ3n) is 8.36. The third-order valence-corrected chi connectivity index (χ3v) is 10.3. The Kier molecular flexibility index (Phi) is 11.5. The Morgan fingerprint density at radius 1 is 1.05 bits per heavy atom. The first kappa shape index (κ1) is 34.6. The molecular formula is C31H39F5O6S. The summed E-state index contributed by atoms with van der Waals surface area (Å²) in [5, 5.41) is 28.9. The number of carboxylic acids is 1. The van der Waals surface area contributed by atoms with Crippen molar-refractivity contribution in [3.05, 3.63) is 53.6 Å². The molecule has 0 spiro atoms. The molecule has 1 heterocycles. The third kappa shape index (κ3) is 8.83. The van der Waals surface area contributed by atoms with Gasteiger partial charge in [0.1, 0.15) is 23.4 Å². The van der Waals surface area contributed by atoms with E-state index in [-0.39, 0.29) is 36.2 Å². The number of rotatable bonds is 15. The number of aromatic hydroxyl groups is 2. The van der Waals surface area contributed by atoms with Crippen molar-refractivity contribution in [3.63, 3.8) is 0 Å². The summed E-state index contributed by atoms with van der Waals surface area (Å²) in [4.78, 5) is 12.0. The molecule has 2 aromatic rings. The number of hydrogen-bond donors (Lipinski definition) is 3. The largest absolute Gasteiger partial charge is 0.508 e. The van der Waals surface area contributed by atoms with E-state index in [1.165, 1.54) is 0 Å². The number of carboxylic acid groups (broad SMARTS) is 1. The molecule has 5 unspecified atom stereocenters. The topological polar surface area (TPSA) is 104 Å². The number of phenols is 2. The summed E-state index contributed by atoms with van der Waals surface area (Å²) in [5.41, 5.74) is 1.41. The van der Waals surface area contributed by atoms with E-state index in [4.69, 9.17) is 4.74 Å². The lowest BCUT2D eigenvalue weighted by molar-refractivity contribution is -0.284. The summed E-state index contributed by atoms with van der Waals surface area (Å²) in [7, 11) is -1.75. The monoisotopic (exact) mass is 634 g/mol. The van der Waals surface area contributed by atoms with E-state index in [1.807, 2.05) is 18.2 Å². The molecule has 3 N–H and O–H groups in total. The molecule has 0 fully saturated rings. The number of phenolic OH excluding ortho intramolecular Hbond substituents is 2. The number of benzene rings is 2. The molecule has 240 valence electrons. The molecule has 0 amide bonds. The Morgan fingerprint density at radius 3 is 2.30 bits per heavy atom. The highest BCUT2D eigenvalue weighted by Crippen LogP contribution is 2.44. The fourth-order valence-corrected chi connectivity index (χ4v) is 7.27. The first-order valence-electron chi connectivity index (χ1n) is 14.4. The molecule has 1 aliphatic rings. The van der Waals surface area contributed by atoms with Gasteiger partial charge in [-0.05, 0) is 74.3 Å². The van der Waals surface area contributed by atoms with Crippen LogP contribution in [0.5, 0.6) is 17.2 Å². The fraction of sp³-hybridized carbons (Fsp3) is 0.581. The molecule has 0 saturated carbocycles. The van der Waals surface area contributed by atoms with Crippen LogP contribution >= 0.6 is 0 Å². The molecule has 43 heavy (non-hydrogen) atoms. The number of hydrogen-bond acceptors (Lipinski definition) is 5. The molecule has 0 bridgehead atoms. The molecule has 12 heteroatoms. The maximum atomic E-state index is 13.2. The predicted octanol–water partition coefficient (Wildman–Crippen LogP) is 7.52. The van der Waals surface area contributed by atoms with Gasteiger partial charge in [0.15, 0.2) is 0 Å². The van der Waals surface area contributed by atoms with Crippen molar-refractivity contribution in [1.29, 1.82) is 0 Å². The zero-order valence-electron chi connectivity index (χ0n) is 24.2. The minimum Gasteiger partial charge on any atom is -0.508 e. The standard InChI is InChI=1S/C31H39F5O6S/c1-3-25(43(41)16-6-15-30(32,33)31(34,35)36)17-20(28(39)40)7-4-5-8-27-29(2,22-10-13-23(37)14-11-22)19-21-9-12-24(38)18-26(21)42-27/h9-14,18,20,25,27,37-38H,3-8,15-17,19H2,1-2H3,(H,39,40). The van der Waals surface area contributed by atoms with Crippen molar-refractivity contribution >= 4 is 16.8 Å². The average Bonchev–Trinajstić information content (AvgIpc) is 2.92. The number of fused-ring (bicyclic) bond motifs is 1. The van der Waals surface area contributed by atoms with Gasteiger partial charge in [0.2, 0.25) is 0 Å². The van der Waals surface area contributed by atoms with Crippen LogP contribution in [-0.4, -0.2) is 54.7 Å². The minimum atomic E-state index is -5.66. The highest BCUT2D eigenvalue weighted by atomic mass is 32.2. The van der Waals surface area contributed by atoms with E-state index < -0.39 is 58.3 Å². The number of alkyl halides is 5. The lowest BCUT2D eigenvalue weighted by Gasteiger charge is -2.43. The Labute approximate surface area is 250 Å². The summed E-state index contributed by atoms with van der Waals surface area (Å²) in [6.45, 7) is 3.75. The molecule has 6 nitrogen and oxygen atoms in total. The van der Waals surface area contributed by atoms with Gasteiger partial charge in [-0.1, -0.05) is 38.5 Å². The molecular weight excluding hydrogens is 595 g/mol. The second-order valence-corrected chi connectivity index (χ2v) is 13.4. The molecule has 3 rings (SSSR count). The van der Waals surface area contributed by atoms with Crippen molar-refractivity contribution in [1.82, 2.24) is 0 Å². The summed E-state index contributed by atoms with van der Waals surface area (Å²) < 4.78 is 82.7. The number of unbranched alkanes of at least 4 members (excludes halogenated alkanes) is 1. The van der Waals surface area contributed by atoms with Crippen LogP contribution in [0.4, 0.5) is 22.0 Å². The maximum Gasteiger partial charge on any atom is 0.453 e. The van der Waals surface area contributed by atoms with E-state index in [0.29, 0.717) is 37.9 Å². The Hall–Kier alpha value is -2.89. The zero-order chi connectivity index (χ0) is 32.0. The molecule has 0 saturated heterocycles. The highest BCUT2D eigenvalue weighted by Gasteiger charge is 2.56. The minimum absolute atomic E-state index is 0.0336. The lowest BCUT2D eigenvalue weighted by Crippen LogP contribution is -2.45. The molecule has 5 atom stereocenters. The van der Waals surface area contributed by atoms with Crippen molar-refractivity contribution in [2.45, 2.75) is 101 Å². The van der Waals surface area contributed by atoms with Crippen LogP contribution in [0.3, 0.4) is 0 Å². The molecule has 0 radical (unpaired) electrons. The van der Waals surface area contributed by atoms with Crippen molar-refractivity contribution in [3.8, 4) is 17.2 Å². The van der Waals surface area contributed by atoms with Crippen molar-refractivity contribution in [2.24, 2.45) is 5.92 Å². The fourth-order valence-electron chi connectivity index (χ4n) is 5.68. The second-order valence-electron chi connectivity index (χ2n) is 11.5. The van der Waals surface area contributed by atoms with Crippen LogP contribution in [0.25, 0.3) is 0 Å². The Balaban J connectivity index is 1.60. The summed E-state index contributed by atoms with van der Waals surface area (Å²) >= 11 is 0. The average molecular weight is 635 g/mol. The van der Waals surface area contributed by atoms with Crippen LogP contribution in [0.1, 0.15) is 76.3 Å².